The molecule has 0 amide bonds. The molecule has 0 unspecified atom stereocenters. The first kappa shape index (κ1) is 12.7. The van der Waals surface area contributed by atoms with Gasteiger partial charge in [-0.15, -0.1) is 0 Å². The Balaban J connectivity index is 2.13. The molecule has 0 radical (unpaired) electrons. The maximum atomic E-state index is 12.9. The number of ether oxygens (including phenoxy) is 1. The average molecular weight is 266 g/mol. The van der Waals surface area contributed by atoms with Crippen LogP contribution in [0.15, 0.2) is 36.4 Å². The number of benzene rings is 2. The maximum Gasteiger partial charge on any atom is 0.142 e. The molecule has 4 heteroatoms. The standard InChI is InChI=1S/C14H13ClFNO/c1-9-2-5-13(17)14(6-9)18-8-10-3-4-11(16)7-12(10)15/h2-7H,8,17H2,1H3. The molecule has 0 atom stereocenters. The second-order valence-electron chi connectivity index (χ2n) is 4.07. The molecular weight excluding hydrogens is 253 g/mol. The highest BCUT2D eigenvalue weighted by atomic mass is 35.5. The first-order valence-corrected chi connectivity index (χ1v) is 5.87. The minimum absolute atomic E-state index is 0.257. The van der Waals surface area contributed by atoms with Gasteiger partial charge in [-0.2, -0.15) is 0 Å². The molecule has 18 heavy (non-hydrogen) atoms. The van der Waals surface area contributed by atoms with Crippen molar-refractivity contribution >= 4 is 17.3 Å². The third-order valence-corrected chi connectivity index (χ3v) is 2.92. The second-order valence-corrected chi connectivity index (χ2v) is 4.47. The van der Waals surface area contributed by atoms with Crippen molar-refractivity contribution in [1.29, 1.82) is 0 Å². The number of anilines is 1. The summed E-state index contributed by atoms with van der Waals surface area (Å²) in [5.74, 6) is 0.245. The van der Waals surface area contributed by atoms with Crippen molar-refractivity contribution in [3.63, 3.8) is 0 Å². The van der Waals surface area contributed by atoms with E-state index in [1.165, 1.54) is 12.1 Å². The molecule has 0 bridgehead atoms. The fraction of sp³-hybridized carbons (Fsp3) is 0.143. The summed E-state index contributed by atoms with van der Waals surface area (Å²) in [6.07, 6.45) is 0. The fourth-order valence-corrected chi connectivity index (χ4v) is 1.78. The number of nitrogens with two attached hydrogens (primary N) is 1. The fourth-order valence-electron chi connectivity index (χ4n) is 1.56. The minimum Gasteiger partial charge on any atom is -0.487 e. The van der Waals surface area contributed by atoms with E-state index in [0.717, 1.165) is 11.1 Å². The van der Waals surface area contributed by atoms with Crippen molar-refractivity contribution in [2.75, 3.05) is 5.73 Å². The Kier molecular flexibility index (Phi) is 3.72. The Labute approximate surface area is 110 Å². The van der Waals surface area contributed by atoms with E-state index in [9.17, 15) is 4.39 Å². The third-order valence-electron chi connectivity index (χ3n) is 2.57. The van der Waals surface area contributed by atoms with E-state index in [1.54, 1.807) is 12.1 Å². The van der Waals surface area contributed by atoms with Gasteiger partial charge in [-0.3, -0.25) is 0 Å². The molecular formula is C14H13ClFNO. The smallest absolute Gasteiger partial charge is 0.142 e. The average Bonchev–Trinajstić information content (AvgIpc) is 2.32. The monoisotopic (exact) mass is 265 g/mol. The van der Waals surface area contributed by atoms with Crippen molar-refractivity contribution in [3.8, 4) is 5.75 Å². The van der Waals surface area contributed by atoms with Gasteiger partial charge in [-0.05, 0) is 36.8 Å². The summed E-state index contributed by atoms with van der Waals surface area (Å²) in [7, 11) is 0. The molecule has 0 fully saturated rings. The van der Waals surface area contributed by atoms with Crippen molar-refractivity contribution in [2.45, 2.75) is 13.5 Å². The van der Waals surface area contributed by atoms with Crippen LogP contribution in [0.1, 0.15) is 11.1 Å². The third kappa shape index (κ3) is 2.93. The number of aryl methyl sites for hydroxylation is 1. The van der Waals surface area contributed by atoms with Crippen LogP contribution in [0.2, 0.25) is 5.02 Å². The quantitative estimate of drug-likeness (QED) is 0.853. The zero-order chi connectivity index (χ0) is 13.1. The molecule has 2 rings (SSSR count). The summed E-state index contributed by atoms with van der Waals surface area (Å²) in [5, 5.41) is 0.348. The summed E-state index contributed by atoms with van der Waals surface area (Å²) in [5.41, 5.74) is 8.15. The Morgan fingerprint density at radius 3 is 2.72 bits per heavy atom. The molecule has 0 aromatic heterocycles. The first-order valence-electron chi connectivity index (χ1n) is 5.49. The SMILES string of the molecule is Cc1ccc(N)c(OCc2ccc(F)cc2Cl)c1. The van der Waals surface area contributed by atoms with Crippen LogP contribution in [-0.2, 0) is 6.61 Å². The van der Waals surface area contributed by atoms with Crippen molar-refractivity contribution in [2.24, 2.45) is 0 Å². The number of rotatable bonds is 3. The molecule has 0 aliphatic carbocycles. The van der Waals surface area contributed by atoms with E-state index in [4.69, 9.17) is 22.1 Å². The largest absolute Gasteiger partial charge is 0.487 e. The van der Waals surface area contributed by atoms with E-state index < -0.39 is 0 Å². The van der Waals surface area contributed by atoms with E-state index in [-0.39, 0.29) is 12.4 Å². The molecule has 2 nitrogen and oxygen atoms in total. The van der Waals surface area contributed by atoms with Gasteiger partial charge < -0.3 is 10.5 Å². The van der Waals surface area contributed by atoms with E-state index in [2.05, 4.69) is 0 Å². The van der Waals surface area contributed by atoms with Gasteiger partial charge in [-0.25, -0.2) is 4.39 Å². The molecule has 2 N–H and O–H groups in total. The van der Waals surface area contributed by atoms with Crippen LogP contribution in [0.25, 0.3) is 0 Å². The zero-order valence-electron chi connectivity index (χ0n) is 9.91. The molecule has 94 valence electrons. The van der Waals surface area contributed by atoms with E-state index in [0.29, 0.717) is 16.5 Å². The van der Waals surface area contributed by atoms with Gasteiger partial charge in [-0.1, -0.05) is 23.7 Å². The number of nitrogen functional groups attached to an aromatic ring is 1. The van der Waals surface area contributed by atoms with Crippen LogP contribution in [0.5, 0.6) is 5.75 Å². The van der Waals surface area contributed by atoms with Crippen LogP contribution in [0.3, 0.4) is 0 Å². The van der Waals surface area contributed by atoms with Gasteiger partial charge in [0.05, 0.1) is 10.7 Å². The molecule has 2 aromatic carbocycles. The van der Waals surface area contributed by atoms with E-state index >= 15 is 0 Å². The number of halogens is 2. The molecule has 0 aliphatic rings. The molecule has 2 aromatic rings. The maximum absolute atomic E-state index is 12.9. The van der Waals surface area contributed by atoms with Crippen molar-refractivity contribution < 1.29 is 9.13 Å². The van der Waals surface area contributed by atoms with Crippen LogP contribution in [-0.4, -0.2) is 0 Å². The van der Waals surface area contributed by atoms with Crippen LogP contribution in [0.4, 0.5) is 10.1 Å². The predicted octanol–water partition coefficient (Wildman–Crippen LogP) is 3.95. The Hall–Kier alpha value is -1.74. The Morgan fingerprint density at radius 2 is 2.00 bits per heavy atom. The second kappa shape index (κ2) is 5.27. The zero-order valence-corrected chi connectivity index (χ0v) is 10.7. The highest BCUT2D eigenvalue weighted by molar-refractivity contribution is 6.31. The van der Waals surface area contributed by atoms with Gasteiger partial charge >= 0.3 is 0 Å². The summed E-state index contributed by atoms with van der Waals surface area (Å²) in [6, 6.07) is 9.77. The predicted molar refractivity (Wildman–Crippen MR) is 71.3 cm³/mol. The normalized spacial score (nSPS) is 10.4. The van der Waals surface area contributed by atoms with Gasteiger partial charge in [0.25, 0.3) is 0 Å². The Bertz CT molecular complexity index is 572. The minimum atomic E-state index is -0.362. The van der Waals surface area contributed by atoms with Crippen LogP contribution >= 0.6 is 11.6 Å². The van der Waals surface area contributed by atoms with Gasteiger partial charge in [0.1, 0.15) is 18.2 Å². The lowest BCUT2D eigenvalue weighted by Gasteiger charge is -2.10. The van der Waals surface area contributed by atoms with Gasteiger partial charge in [0.15, 0.2) is 0 Å². The lowest BCUT2D eigenvalue weighted by Crippen LogP contribution is -2.00. The highest BCUT2D eigenvalue weighted by Crippen LogP contribution is 2.25. The van der Waals surface area contributed by atoms with Gasteiger partial charge in [0.2, 0.25) is 0 Å². The molecule has 0 heterocycles. The first-order chi connectivity index (χ1) is 8.56. The number of hydrogen-bond donors (Lipinski definition) is 1. The van der Waals surface area contributed by atoms with Crippen LogP contribution in [0, 0.1) is 12.7 Å². The summed E-state index contributed by atoms with van der Waals surface area (Å²) >= 11 is 5.92. The van der Waals surface area contributed by atoms with Gasteiger partial charge in [0, 0.05) is 5.56 Å². The van der Waals surface area contributed by atoms with Crippen molar-refractivity contribution in [1.82, 2.24) is 0 Å². The molecule has 0 saturated carbocycles. The lowest BCUT2D eigenvalue weighted by molar-refractivity contribution is 0.307. The Morgan fingerprint density at radius 1 is 1.22 bits per heavy atom. The van der Waals surface area contributed by atoms with Crippen LogP contribution < -0.4 is 10.5 Å². The van der Waals surface area contributed by atoms with E-state index in [1.807, 2.05) is 19.1 Å². The summed E-state index contributed by atoms with van der Waals surface area (Å²) in [6.45, 7) is 2.21. The summed E-state index contributed by atoms with van der Waals surface area (Å²) < 4.78 is 18.5. The van der Waals surface area contributed by atoms with Crippen molar-refractivity contribution in [3.05, 3.63) is 58.4 Å². The highest BCUT2D eigenvalue weighted by Gasteiger charge is 2.05. The topological polar surface area (TPSA) is 35.2 Å². The lowest BCUT2D eigenvalue weighted by atomic mass is 10.2. The molecule has 0 spiro atoms. The molecule has 0 aliphatic heterocycles. The number of hydrogen-bond acceptors (Lipinski definition) is 2. The summed E-state index contributed by atoms with van der Waals surface area (Å²) in [4.78, 5) is 0. The molecule has 0 saturated heterocycles.